The Labute approximate surface area is 198 Å². The first kappa shape index (κ1) is 23.1. The van der Waals surface area contributed by atoms with E-state index >= 15 is 0 Å². The number of methoxy groups -OCH3 is 3. The molecule has 0 radical (unpaired) electrons. The van der Waals surface area contributed by atoms with Crippen LogP contribution in [0.15, 0.2) is 42.7 Å². The van der Waals surface area contributed by atoms with Crippen LogP contribution in [-0.4, -0.2) is 78.1 Å². The Morgan fingerprint density at radius 2 is 1.62 bits per heavy atom. The van der Waals surface area contributed by atoms with Gasteiger partial charge in [-0.15, -0.1) is 0 Å². The van der Waals surface area contributed by atoms with E-state index in [0.29, 0.717) is 49.3 Å². The van der Waals surface area contributed by atoms with E-state index in [2.05, 4.69) is 20.0 Å². The van der Waals surface area contributed by atoms with E-state index in [0.717, 1.165) is 17.2 Å². The van der Waals surface area contributed by atoms with Gasteiger partial charge in [0, 0.05) is 50.7 Å². The number of carbonyl (C=O) groups excluding carboxylic acids is 1. The fourth-order valence-electron chi connectivity index (χ4n) is 3.85. The molecule has 1 aliphatic rings. The van der Waals surface area contributed by atoms with Crippen molar-refractivity contribution in [1.82, 2.24) is 24.6 Å². The lowest BCUT2D eigenvalue weighted by Gasteiger charge is -2.35. The van der Waals surface area contributed by atoms with Crippen molar-refractivity contribution in [3.8, 4) is 23.1 Å². The lowest BCUT2D eigenvalue weighted by molar-refractivity contribution is -0.126. The molecule has 1 saturated heterocycles. The SMILES string of the molecule is COc1cc(/C=C/C(=O)N2CCN(c3cc(-n4cccn4)nc(C)n3)CC2)cc(OC)c1OC. The fraction of sp³-hybridized carbons (Fsp3) is 0.333. The smallest absolute Gasteiger partial charge is 0.246 e. The van der Waals surface area contributed by atoms with Gasteiger partial charge in [0.15, 0.2) is 17.3 Å². The molecule has 3 heterocycles. The van der Waals surface area contributed by atoms with Crippen LogP contribution in [0, 0.1) is 6.92 Å². The van der Waals surface area contributed by atoms with Gasteiger partial charge in [-0.3, -0.25) is 4.79 Å². The van der Waals surface area contributed by atoms with Crippen LogP contribution in [0.2, 0.25) is 0 Å². The van der Waals surface area contributed by atoms with E-state index < -0.39 is 0 Å². The summed E-state index contributed by atoms with van der Waals surface area (Å²) >= 11 is 0. The Bertz CT molecular complexity index is 1150. The first-order valence-corrected chi connectivity index (χ1v) is 10.9. The van der Waals surface area contributed by atoms with Gasteiger partial charge < -0.3 is 24.0 Å². The van der Waals surface area contributed by atoms with Crippen LogP contribution in [0.1, 0.15) is 11.4 Å². The van der Waals surface area contributed by atoms with Crippen molar-refractivity contribution in [2.75, 3.05) is 52.4 Å². The zero-order valence-corrected chi connectivity index (χ0v) is 19.8. The lowest BCUT2D eigenvalue weighted by Crippen LogP contribution is -2.48. The average molecular weight is 465 g/mol. The van der Waals surface area contributed by atoms with Crippen LogP contribution in [0.25, 0.3) is 11.9 Å². The Hall–Kier alpha value is -4.08. The fourth-order valence-corrected chi connectivity index (χ4v) is 3.85. The van der Waals surface area contributed by atoms with Gasteiger partial charge in [0.25, 0.3) is 0 Å². The number of carbonyl (C=O) groups is 1. The molecule has 3 aromatic rings. The number of amides is 1. The number of piperazine rings is 1. The molecule has 1 amide bonds. The number of aryl methyl sites for hydroxylation is 1. The van der Waals surface area contributed by atoms with Crippen LogP contribution >= 0.6 is 0 Å². The highest BCUT2D eigenvalue weighted by Crippen LogP contribution is 2.38. The van der Waals surface area contributed by atoms with Crippen molar-refractivity contribution >= 4 is 17.8 Å². The predicted octanol–water partition coefficient (Wildman–Crippen LogP) is 2.36. The number of ether oxygens (including phenoxy) is 3. The van der Waals surface area contributed by atoms with Gasteiger partial charge in [0.05, 0.1) is 21.3 Å². The molecule has 0 bridgehead atoms. The summed E-state index contributed by atoms with van der Waals surface area (Å²) in [6, 6.07) is 7.38. The molecule has 0 saturated carbocycles. The maximum Gasteiger partial charge on any atom is 0.246 e. The highest BCUT2D eigenvalue weighted by atomic mass is 16.5. The van der Waals surface area contributed by atoms with E-state index in [1.54, 1.807) is 56.5 Å². The summed E-state index contributed by atoms with van der Waals surface area (Å²) in [5.74, 6) is 3.77. The number of nitrogens with zero attached hydrogens (tertiary/aromatic N) is 6. The number of rotatable bonds is 7. The zero-order chi connectivity index (χ0) is 24.1. The average Bonchev–Trinajstić information content (AvgIpc) is 3.41. The minimum atomic E-state index is -0.0514. The first-order valence-electron chi connectivity index (χ1n) is 10.9. The second kappa shape index (κ2) is 10.2. The predicted molar refractivity (Wildman–Crippen MR) is 128 cm³/mol. The third-order valence-electron chi connectivity index (χ3n) is 5.57. The Balaban J connectivity index is 1.41. The number of anilines is 1. The van der Waals surface area contributed by atoms with Gasteiger partial charge in [-0.2, -0.15) is 5.10 Å². The summed E-state index contributed by atoms with van der Waals surface area (Å²) < 4.78 is 17.8. The minimum absolute atomic E-state index is 0.0514. The molecule has 34 heavy (non-hydrogen) atoms. The number of benzene rings is 1. The molecule has 0 aliphatic carbocycles. The maximum atomic E-state index is 12.8. The third kappa shape index (κ3) is 4.95. The van der Waals surface area contributed by atoms with Crippen LogP contribution < -0.4 is 19.1 Å². The van der Waals surface area contributed by atoms with Gasteiger partial charge >= 0.3 is 0 Å². The molecule has 0 atom stereocenters. The number of aromatic nitrogens is 4. The van der Waals surface area contributed by atoms with Crippen molar-refractivity contribution in [2.45, 2.75) is 6.92 Å². The molecule has 0 spiro atoms. The highest BCUT2D eigenvalue weighted by Gasteiger charge is 2.22. The van der Waals surface area contributed by atoms with Crippen molar-refractivity contribution in [2.24, 2.45) is 0 Å². The monoisotopic (exact) mass is 464 g/mol. The Morgan fingerprint density at radius 1 is 0.941 bits per heavy atom. The van der Waals surface area contributed by atoms with Crippen molar-refractivity contribution in [3.05, 3.63) is 54.1 Å². The highest BCUT2D eigenvalue weighted by molar-refractivity contribution is 5.92. The summed E-state index contributed by atoms with van der Waals surface area (Å²) in [5, 5.41) is 4.25. The Morgan fingerprint density at radius 3 is 2.21 bits per heavy atom. The third-order valence-corrected chi connectivity index (χ3v) is 5.57. The van der Waals surface area contributed by atoms with Gasteiger partial charge in [0.2, 0.25) is 11.7 Å². The molecule has 178 valence electrons. The van der Waals surface area contributed by atoms with Gasteiger partial charge in [-0.1, -0.05) is 0 Å². The van der Waals surface area contributed by atoms with Gasteiger partial charge in [-0.25, -0.2) is 14.6 Å². The van der Waals surface area contributed by atoms with Crippen LogP contribution in [0.3, 0.4) is 0 Å². The second-order valence-electron chi connectivity index (χ2n) is 7.69. The van der Waals surface area contributed by atoms with Gasteiger partial charge in [0.1, 0.15) is 11.6 Å². The van der Waals surface area contributed by atoms with E-state index in [1.165, 1.54) is 0 Å². The maximum absolute atomic E-state index is 12.8. The molecular weight excluding hydrogens is 436 g/mol. The summed E-state index contributed by atoms with van der Waals surface area (Å²) in [7, 11) is 4.68. The standard InChI is InChI=1S/C24H28N6O4/c1-17-26-21(16-22(27-17)30-9-5-8-25-30)28-10-12-29(13-11-28)23(31)7-6-18-14-19(32-2)24(34-4)20(15-18)33-3/h5-9,14-16H,10-13H2,1-4H3/b7-6+. The largest absolute Gasteiger partial charge is 0.493 e. The molecule has 1 aromatic carbocycles. The molecule has 10 nitrogen and oxygen atoms in total. The zero-order valence-electron chi connectivity index (χ0n) is 19.8. The molecule has 1 aliphatic heterocycles. The van der Waals surface area contributed by atoms with Crippen molar-refractivity contribution < 1.29 is 19.0 Å². The summed E-state index contributed by atoms with van der Waals surface area (Å²) in [5.41, 5.74) is 0.782. The van der Waals surface area contributed by atoms with Crippen molar-refractivity contribution in [3.63, 3.8) is 0 Å². The van der Waals surface area contributed by atoms with Crippen LogP contribution in [-0.2, 0) is 4.79 Å². The van der Waals surface area contributed by atoms with Crippen LogP contribution in [0.5, 0.6) is 17.2 Å². The minimum Gasteiger partial charge on any atom is -0.493 e. The molecule has 0 N–H and O–H groups in total. The molecule has 1 fully saturated rings. The molecule has 10 heteroatoms. The molecule has 4 rings (SSSR count). The molecule has 0 unspecified atom stereocenters. The summed E-state index contributed by atoms with van der Waals surface area (Å²) in [6.45, 7) is 4.42. The van der Waals surface area contributed by atoms with E-state index in [-0.39, 0.29) is 5.91 Å². The normalized spacial score (nSPS) is 13.9. The number of hydrogen-bond acceptors (Lipinski definition) is 8. The van der Waals surface area contributed by atoms with E-state index in [9.17, 15) is 4.79 Å². The number of hydrogen-bond donors (Lipinski definition) is 0. The topological polar surface area (TPSA) is 94.8 Å². The summed E-state index contributed by atoms with van der Waals surface area (Å²) in [6.07, 6.45) is 6.89. The van der Waals surface area contributed by atoms with Crippen LogP contribution in [0.4, 0.5) is 5.82 Å². The lowest BCUT2D eigenvalue weighted by atomic mass is 10.1. The van der Waals surface area contributed by atoms with E-state index in [4.69, 9.17) is 14.2 Å². The van der Waals surface area contributed by atoms with E-state index in [1.807, 2.05) is 30.2 Å². The first-order chi connectivity index (χ1) is 16.5. The Kier molecular flexibility index (Phi) is 6.95. The second-order valence-corrected chi connectivity index (χ2v) is 7.69. The summed E-state index contributed by atoms with van der Waals surface area (Å²) in [4.78, 5) is 25.8. The quantitative estimate of drug-likeness (QED) is 0.492. The van der Waals surface area contributed by atoms with Crippen molar-refractivity contribution in [1.29, 1.82) is 0 Å². The molecule has 2 aromatic heterocycles. The van der Waals surface area contributed by atoms with Gasteiger partial charge in [-0.05, 0) is 36.8 Å². The molecular formula is C24H28N6O4.